The number of likely N-dealkylation sites (tertiary alicyclic amines) is 1. The summed E-state index contributed by atoms with van der Waals surface area (Å²) in [6.07, 6.45) is 1.81. The summed E-state index contributed by atoms with van der Waals surface area (Å²) in [5.74, 6) is 0.827. The van der Waals surface area contributed by atoms with Gasteiger partial charge < -0.3 is 4.90 Å². The number of carbonyl (C=O) groups is 1. The number of benzene rings is 1. The molecule has 0 spiro atoms. The number of amides is 1. The molecule has 9 heteroatoms. The minimum Gasteiger partial charge on any atom is -0.340 e. The lowest BCUT2D eigenvalue weighted by Gasteiger charge is -2.32. The first-order valence-electron chi connectivity index (χ1n) is 9.28. The average molecular weight is 369 g/mol. The van der Waals surface area contributed by atoms with Crippen molar-refractivity contribution in [2.24, 2.45) is 7.05 Å². The van der Waals surface area contributed by atoms with Gasteiger partial charge in [0.25, 0.3) is 0 Å². The molecule has 27 heavy (non-hydrogen) atoms. The van der Waals surface area contributed by atoms with Crippen LogP contribution in [-0.2, 0) is 24.9 Å². The van der Waals surface area contributed by atoms with E-state index in [0.717, 1.165) is 29.7 Å². The maximum atomic E-state index is 12.8. The summed E-state index contributed by atoms with van der Waals surface area (Å²) in [7, 11) is 1.66. The smallest absolute Gasteiger partial charge is 0.340 e. The highest BCUT2D eigenvalue weighted by molar-refractivity contribution is 5.77. The van der Waals surface area contributed by atoms with Crippen LogP contribution in [0.1, 0.15) is 31.5 Å². The molecule has 1 amide bonds. The molecular weight excluding hydrogens is 346 g/mol. The second-order valence-electron chi connectivity index (χ2n) is 6.91. The van der Waals surface area contributed by atoms with E-state index in [0.29, 0.717) is 19.6 Å². The summed E-state index contributed by atoms with van der Waals surface area (Å²) in [4.78, 5) is 28.2. The molecule has 1 fully saturated rings. The van der Waals surface area contributed by atoms with E-state index in [4.69, 9.17) is 0 Å². The van der Waals surface area contributed by atoms with Gasteiger partial charge in [-0.15, -0.1) is 0 Å². The molecule has 1 saturated heterocycles. The van der Waals surface area contributed by atoms with E-state index in [-0.39, 0.29) is 24.1 Å². The molecule has 9 nitrogen and oxygen atoms in total. The van der Waals surface area contributed by atoms with Gasteiger partial charge in [-0.1, -0.05) is 12.1 Å². The largest absolute Gasteiger partial charge is 0.345 e. The zero-order valence-corrected chi connectivity index (χ0v) is 15.6. The maximum absolute atomic E-state index is 12.8. The molecule has 0 radical (unpaired) electrons. The molecule has 0 saturated carbocycles. The fraction of sp³-hybridized carbons (Fsp3) is 0.500. The summed E-state index contributed by atoms with van der Waals surface area (Å²) in [6.45, 7) is 3.90. The monoisotopic (exact) mass is 369 g/mol. The van der Waals surface area contributed by atoms with Gasteiger partial charge >= 0.3 is 5.69 Å². The van der Waals surface area contributed by atoms with Gasteiger partial charge in [-0.05, 0) is 31.9 Å². The molecule has 3 heterocycles. The summed E-state index contributed by atoms with van der Waals surface area (Å²) in [5.41, 5.74) is 1.45. The van der Waals surface area contributed by atoms with Crippen LogP contribution < -0.4 is 5.69 Å². The van der Waals surface area contributed by atoms with Crippen molar-refractivity contribution >= 4 is 16.9 Å². The van der Waals surface area contributed by atoms with E-state index in [9.17, 15) is 9.59 Å². The van der Waals surface area contributed by atoms with Crippen LogP contribution in [0.3, 0.4) is 0 Å². The fourth-order valence-corrected chi connectivity index (χ4v) is 3.73. The normalized spacial score (nSPS) is 17.6. The highest BCUT2D eigenvalue weighted by atomic mass is 16.2. The van der Waals surface area contributed by atoms with Crippen LogP contribution in [0.5, 0.6) is 0 Å². The third-order valence-corrected chi connectivity index (χ3v) is 5.10. The molecule has 2 aromatic heterocycles. The molecule has 0 aliphatic carbocycles. The predicted octanol–water partition coefficient (Wildman–Crippen LogP) is 0.753. The molecule has 1 aliphatic heterocycles. The van der Waals surface area contributed by atoms with Crippen LogP contribution in [-0.4, -0.2) is 53.2 Å². The lowest BCUT2D eigenvalue weighted by atomic mass is 9.97. The third-order valence-electron chi connectivity index (χ3n) is 5.10. The summed E-state index contributed by atoms with van der Waals surface area (Å²) < 4.78 is 3.07. The Morgan fingerprint density at radius 3 is 2.56 bits per heavy atom. The quantitative estimate of drug-likeness (QED) is 0.677. The molecule has 1 aliphatic rings. The summed E-state index contributed by atoms with van der Waals surface area (Å²) in [5, 5.41) is 13.1. The number of nitrogens with zero attached hydrogens (tertiary/aromatic N) is 7. The van der Waals surface area contributed by atoms with Crippen molar-refractivity contribution in [3.63, 3.8) is 0 Å². The van der Waals surface area contributed by atoms with E-state index in [1.54, 1.807) is 11.6 Å². The van der Waals surface area contributed by atoms with E-state index in [1.165, 1.54) is 9.48 Å². The SMILES string of the molecule is CCn1c([C@H]2CCCN(C(=O)Cn3nc4ccccc4n3)C2)nn(C)c1=O. The Bertz CT molecular complexity index is 999. The lowest BCUT2D eigenvalue weighted by Crippen LogP contribution is -2.41. The maximum Gasteiger partial charge on any atom is 0.345 e. The van der Waals surface area contributed by atoms with E-state index in [2.05, 4.69) is 15.3 Å². The minimum atomic E-state index is -0.108. The lowest BCUT2D eigenvalue weighted by molar-refractivity contribution is -0.133. The van der Waals surface area contributed by atoms with Gasteiger partial charge in [0, 0.05) is 32.6 Å². The Morgan fingerprint density at radius 2 is 1.89 bits per heavy atom. The van der Waals surface area contributed by atoms with Crippen molar-refractivity contribution in [1.82, 2.24) is 34.2 Å². The molecule has 3 aromatic rings. The van der Waals surface area contributed by atoms with Crippen molar-refractivity contribution in [3.05, 3.63) is 40.6 Å². The number of piperidine rings is 1. The summed E-state index contributed by atoms with van der Waals surface area (Å²) >= 11 is 0. The number of carbonyl (C=O) groups excluding carboxylic acids is 1. The second kappa shape index (κ2) is 6.98. The Hall–Kier alpha value is -2.97. The second-order valence-corrected chi connectivity index (χ2v) is 6.91. The van der Waals surface area contributed by atoms with Crippen molar-refractivity contribution in [2.75, 3.05) is 13.1 Å². The number of fused-ring (bicyclic) bond motifs is 1. The van der Waals surface area contributed by atoms with Crippen LogP contribution in [0.4, 0.5) is 0 Å². The van der Waals surface area contributed by atoms with Crippen LogP contribution in [0, 0.1) is 0 Å². The highest BCUT2D eigenvalue weighted by Gasteiger charge is 2.29. The van der Waals surface area contributed by atoms with Gasteiger partial charge in [0.05, 0.1) is 0 Å². The van der Waals surface area contributed by atoms with Crippen LogP contribution >= 0.6 is 0 Å². The Labute approximate surface area is 156 Å². The van der Waals surface area contributed by atoms with E-state index in [1.807, 2.05) is 36.1 Å². The molecule has 0 bridgehead atoms. The number of aryl methyl sites for hydroxylation is 1. The number of hydrogen-bond donors (Lipinski definition) is 0. The Kier molecular flexibility index (Phi) is 4.51. The Balaban J connectivity index is 1.50. The van der Waals surface area contributed by atoms with Crippen molar-refractivity contribution in [3.8, 4) is 0 Å². The molecule has 1 aromatic carbocycles. The zero-order valence-electron chi connectivity index (χ0n) is 15.6. The van der Waals surface area contributed by atoms with Gasteiger partial charge in [0.1, 0.15) is 23.4 Å². The Morgan fingerprint density at radius 1 is 1.19 bits per heavy atom. The fourth-order valence-electron chi connectivity index (χ4n) is 3.73. The van der Waals surface area contributed by atoms with Crippen molar-refractivity contribution in [1.29, 1.82) is 0 Å². The van der Waals surface area contributed by atoms with Crippen LogP contribution in [0.25, 0.3) is 11.0 Å². The first-order chi connectivity index (χ1) is 13.1. The van der Waals surface area contributed by atoms with Gasteiger partial charge in [-0.25, -0.2) is 9.48 Å². The van der Waals surface area contributed by atoms with Gasteiger partial charge in [-0.3, -0.25) is 9.36 Å². The van der Waals surface area contributed by atoms with Crippen molar-refractivity contribution in [2.45, 2.75) is 38.8 Å². The highest BCUT2D eigenvalue weighted by Crippen LogP contribution is 2.25. The molecule has 0 N–H and O–H groups in total. The van der Waals surface area contributed by atoms with Crippen LogP contribution in [0.2, 0.25) is 0 Å². The molecule has 142 valence electrons. The molecule has 0 unspecified atom stereocenters. The first-order valence-corrected chi connectivity index (χ1v) is 9.28. The van der Waals surface area contributed by atoms with Crippen LogP contribution in [0.15, 0.2) is 29.1 Å². The van der Waals surface area contributed by atoms with Crippen molar-refractivity contribution < 1.29 is 4.79 Å². The minimum absolute atomic E-state index is 0.0127. The average Bonchev–Trinajstić information content (AvgIpc) is 3.22. The van der Waals surface area contributed by atoms with E-state index < -0.39 is 0 Å². The standard InChI is InChI=1S/C18H23N7O2/c1-3-24-17(21-22(2)18(24)27)13-7-6-10-23(11-13)16(26)12-25-19-14-8-4-5-9-15(14)20-25/h4-5,8-9,13H,3,6-7,10-12H2,1-2H3/t13-/m0/s1. The van der Waals surface area contributed by atoms with E-state index >= 15 is 0 Å². The first kappa shape index (κ1) is 17.4. The molecule has 4 rings (SSSR count). The topological polar surface area (TPSA) is 90.8 Å². The predicted molar refractivity (Wildman–Crippen MR) is 99.2 cm³/mol. The number of aromatic nitrogens is 6. The summed E-state index contributed by atoms with van der Waals surface area (Å²) in [6, 6.07) is 7.56. The number of hydrogen-bond acceptors (Lipinski definition) is 5. The van der Waals surface area contributed by atoms with Gasteiger partial charge in [0.2, 0.25) is 5.91 Å². The molecular formula is C18H23N7O2. The third kappa shape index (κ3) is 3.24. The number of rotatable bonds is 4. The van der Waals surface area contributed by atoms with Gasteiger partial charge in [0.15, 0.2) is 0 Å². The van der Waals surface area contributed by atoms with Gasteiger partial charge in [-0.2, -0.15) is 20.1 Å². The molecule has 1 atom stereocenters. The zero-order chi connectivity index (χ0) is 19.0.